The van der Waals surface area contributed by atoms with E-state index in [0.717, 1.165) is 5.69 Å². The van der Waals surface area contributed by atoms with Crippen LogP contribution in [0.1, 0.15) is 29.0 Å². The Kier molecular flexibility index (Phi) is 5.08. The van der Waals surface area contributed by atoms with E-state index >= 15 is 0 Å². The molecular formula is C16H17N3O3. The molecule has 0 fully saturated rings. The quantitative estimate of drug-likeness (QED) is 0.843. The van der Waals surface area contributed by atoms with Gasteiger partial charge in [0.25, 0.3) is 5.91 Å². The lowest BCUT2D eigenvalue weighted by molar-refractivity contribution is -0.123. The van der Waals surface area contributed by atoms with Crippen LogP contribution in [-0.2, 0) is 4.79 Å². The summed E-state index contributed by atoms with van der Waals surface area (Å²) in [4.78, 5) is 27.1. The average molecular weight is 299 g/mol. The van der Waals surface area contributed by atoms with Crippen molar-refractivity contribution in [3.8, 4) is 5.75 Å². The van der Waals surface area contributed by atoms with Crippen molar-refractivity contribution in [1.82, 2.24) is 10.3 Å². The Labute approximate surface area is 128 Å². The summed E-state index contributed by atoms with van der Waals surface area (Å²) in [5, 5.41) is 2.79. The molecule has 2 amide bonds. The predicted molar refractivity (Wildman–Crippen MR) is 81.2 cm³/mol. The van der Waals surface area contributed by atoms with Gasteiger partial charge in [-0.25, -0.2) is 0 Å². The molecule has 0 unspecified atom stereocenters. The zero-order valence-electron chi connectivity index (χ0n) is 12.2. The van der Waals surface area contributed by atoms with Gasteiger partial charge in [0.15, 0.2) is 6.61 Å². The highest BCUT2D eigenvalue weighted by Crippen LogP contribution is 2.13. The van der Waals surface area contributed by atoms with Crippen LogP contribution in [0.2, 0.25) is 0 Å². The molecule has 0 saturated heterocycles. The predicted octanol–water partition coefficient (Wildman–Crippen LogP) is 1.44. The summed E-state index contributed by atoms with van der Waals surface area (Å²) in [6, 6.07) is 11.7. The first-order chi connectivity index (χ1) is 10.6. The summed E-state index contributed by atoms with van der Waals surface area (Å²) in [6.45, 7) is 1.69. The molecule has 0 aliphatic carbocycles. The molecule has 0 aliphatic rings. The summed E-state index contributed by atoms with van der Waals surface area (Å²) < 4.78 is 5.36. The number of hydrogen-bond acceptors (Lipinski definition) is 4. The minimum atomic E-state index is -0.543. The first-order valence-electron chi connectivity index (χ1n) is 6.79. The van der Waals surface area contributed by atoms with Gasteiger partial charge < -0.3 is 15.8 Å². The summed E-state index contributed by atoms with van der Waals surface area (Å²) in [5.41, 5.74) is 6.29. The van der Waals surface area contributed by atoms with Crippen molar-refractivity contribution in [2.45, 2.75) is 13.0 Å². The Bertz CT molecular complexity index is 659. The number of nitrogens with two attached hydrogens (primary N) is 1. The third-order valence-electron chi connectivity index (χ3n) is 3.00. The lowest BCUT2D eigenvalue weighted by Gasteiger charge is -2.13. The molecule has 22 heavy (non-hydrogen) atoms. The molecule has 0 aliphatic heterocycles. The van der Waals surface area contributed by atoms with E-state index in [2.05, 4.69) is 10.3 Å². The number of aromatic nitrogens is 1. The van der Waals surface area contributed by atoms with Crippen molar-refractivity contribution < 1.29 is 14.3 Å². The number of carbonyl (C=O) groups is 2. The Morgan fingerprint density at radius 2 is 2.09 bits per heavy atom. The molecule has 0 saturated carbocycles. The second-order valence-corrected chi connectivity index (χ2v) is 4.72. The molecule has 1 aromatic heterocycles. The van der Waals surface area contributed by atoms with Crippen molar-refractivity contribution in [3.05, 3.63) is 59.9 Å². The molecule has 0 spiro atoms. The van der Waals surface area contributed by atoms with Gasteiger partial charge in [-0.3, -0.25) is 14.6 Å². The SMILES string of the molecule is C[C@H](NC(=O)COc1cccc(C(N)=O)c1)c1ccccn1. The lowest BCUT2D eigenvalue weighted by Crippen LogP contribution is -2.31. The second kappa shape index (κ2) is 7.21. The molecule has 2 aromatic rings. The Morgan fingerprint density at radius 1 is 1.27 bits per heavy atom. The monoisotopic (exact) mass is 299 g/mol. The van der Waals surface area contributed by atoms with Gasteiger partial charge in [0.2, 0.25) is 5.91 Å². The van der Waals surface area contributed by atoms with E-state index in [9.17, 15) is 9.59 Å². The van der Waals surface area contributed by atoms with Gasteiger partial charge >= 0.3 is 0 Å². The fourth-order valence-corrected chi connectivity index (χ4v) is 1.88. The Balaban J connectivity index is 1.88. The van der Waals surface area contributed by atoms with E-state index < -0.39 is 5.91 Å². The van der Waals surface area contributed by atoms with Crippen molar-refractivity contribution in [1.29, 1.82) is 0 Å². The maximum Gasteiger partial charge on any atom is 0.258 e. The molecule has 1 atom stereocenters. The van der Waals surface area contributed by atoms with Crippen LogP contribution >= 0.6 is 0 Å². The molecule has 6 nitrogen and oxygen atoms in total. The summed E-state index contributed by atoms with van der Waals surface area (Å²) >= 11 is 0. The van der Waals surface area contributed by atoms with E-state index in [-0.39, 0.29) is 18.6 Å². The molecule has 114 valence electrons. The molecule has 1 heterocycles. The third-order valence-corrected chi connectivity index (χ3v) is 3.00. The first-order valence-corrected chi connectivity index (χ1v) is 6.79. The highest BCUT2D eigenvalue weighted by Gasteiger charge is 2.11. The van der Waals surface area contributed by atoms with Crippen molar-refractivity contribution in [3.63, 3.8) is 0 Å². The van der Waals surface area contributed by atoms with E-state index in [1.54, 1.807) is 24.4 Å². The van der Waals surface area contributed by atoms with Crippen LogP contribution in [0.25, 0.3) is 0 Å². The zero-order valence-corrected chi connectivity index (χ0v) is 12.2. The highest BCUT2D eigenvalue weighted by atomic mass is 16.5. The summed E-state index contributed by atoms with van der Waals surface area (Å²) in [7, 11) is 0. The maximum atomic E-state index is 11.9. The van der Waals surface area contributed by atoms with Gasteiger partial charge in [0.05, 0.1) is 11.7 Å². The molecule has 0 bridgehead atoms. The highest BCUT2D eigenvalue weighted by molar-refractivity contribution is 5.93. The van der Waals surface area contributed by atoms with E-state index in [0.29, 0.717) is 11.3 Å². The van der Waals surface area contributed by atoms with Crippen LogP contribution < -0.4 is 15.8 Å². The third kappa shape index (κ3) is 4.31. The first kappa shape index (κ1) is 15.5. The van der Waals surface area contributed by atoms with E-state index in [1.165, 1.54) is 6.07 Å². The van der Waals surface area contributed by atoms with Gasteiger partial charge in [-0.2, -0.15) is 0 Å². The van der Waals surface area contributed by atoms with Crippen LogP contribution in [0.4, 0.5) is 0 Å². The van der Waals surface area contributed by atoms with E-state index in [4.69, 9.17) is 10.5 Å². The van der Waals surface area contributed by atoms with Crippen molar-refractivity contribution >= 4 is 11.8 Å². The minimum absolute atomic E-state index is 0.153. The second-order valence-electron chi connectivity index (χ2n) is 4.72. The number of rotatable bonds is 6. The standard InChI is InChI=1S/C16H17N3O3/c1-11(14-7-2-3-8-18-14)19-15(20)10-22-13-6-4-5-12(9-13)16(17)21/h2-9,11H,10H2,1H3,(H2,17,21)(H,19,20)/t11-/m0/s1. The molecule has 2 rings (SSSR count). The zero-order chi connectivity index (χ0) is 15.9. The number of carbonyl (C=O) groups excluding carboxylic acids is 2. The smallest absolute Gasteiger partial charge is 0.258 e. The number of nitrogens with zero attached hydrogens (tertiary/aromatic N) is 1. The average Bonchev–Trinajstić information content (AvgIpc) is 2.54. The Morgan fingerprint density at radius 3 is 2.77 bits per heavy atom. The van der Waals surface area contributed by atoms with Gasteiger partial charge in [-0.15, -0.1) is 0 Å². The number of benzene rings is 1. The van der Waals surface area contributed by atoms with Crippen LogP contribution in [0.5, 0.6) is 5.75 Å². The minimum Gasteiger partial charge on any atom is -0.484 e. The van der Waals surface area contributed by atoms with Crippen LogP contribution in [-0.4, -0.2) is 23.4 Å². The van der Waals surface area contributed by atoms with Crippen molar-refractivity contribution in [2.24, 2.45) is 5.73 Å². The van der Waals surface area contributed by atoms with Crippen molar-refractivity contribution in [2.75, 3.05) is 6.61 Å². The fourth-order valence-electron chi connectivity index (χ4n) is 1.88. The molecule has 3 N–H and O–H groups in total. The topological polar surface area (TPSA) is 94.3 Å². The van der Waals surface area contributed by atoms with Gasteiger partial charge in [0, 0.05) is 11.8 Å². The normalized spacial score (nSPS) is 11.5. The number of nitrogens with one attached hydrogen (secondary N) is 1. The number of ether oxygens (including phenoxy) is 1. The summed E-state index contributed by atoms with van der Waals surface area (Å²) in [6.07, 6.45) is 1.67. The van der Waals surface area contributed by atoms with Crippen LogP contribution in [0.15, 0.2) is 48.7 Å². The van der Waals surface area contributed by atoms with Gasteiger partial charge in [-0.05, 0) is 37.3 Å². The fraction of sp³-hybridized carbons (Fsp3) is 0.188. The maximum absolute atomic E-state index is 11.9. The largest absolute Gasteiger partial charge is 0.484 e. The number of primary amides is 1. The molecule has 0 radical (unpaired) electrons. The number of hydrogen-bond donors (Lipinski definition) is 2. The number of amides is 2. The van der Waals surface area contributed by atoms with Gasteiger partial charge in [-0.1, -0.05) is 12.1 Å². The molecule has 6 heteroatoms. The van der Waals surface area contributed by atoms with Crippen LogP contribution in [0, 0.1) is 0 Å². The van der Waals surface area contributed by atoms with Crippen LogP contribution in [0.3, 0.4) is 0 Å². The molecule has 1 aromatic carbocycles. The molecular weight excluding hydrogens is 282 g/mol. The number of pyridine rings is 1. The Hall–Kier alpha value is -2.89. The van der Waals surface area contributed by atoms with E-state index in [1.807, 2.05) is 25.1 Å². The lowest BCUT2D eigenvalue weighted by atomic mass is 10.2. The summed E-state index contributed by atoms with van der Waals surface area (Å²) in [5.74, 6) is -0.404. The van der Waals surface area contributed by atoms with Gasteiger partial charge in [0.1, 0.15) is 5.75 Å².